The summed E-state index contributed by atoms with van der Waals surface area (Å²) in [5.41, 5.74) is -0.371. The topological polar surface area (TPSA) is 63.5 Å². The first-order chi connectivity index (χ1) is 9.70. The van der Waals surface area contributed by atoms with E-state index in [1.165, 1.54) is 12.8 Å². The van der Waals surface area contributed by atoms with Crippen LogP contribution >= 0.6 is 0 Å². The number of methoxy groups -OCH3 is 1. The fourth-order valence-corrected chi connectivity index (χ4v) is 1.99. The predicted molar refractivity (Wildman–Crippen MR) is 77.5 cm³/mol. The molecule has 1 aliphatic carbocycles. The standard InChI is InChI=1S/C15H28N2O3/c1-15(13-16,17-14-5-6-14)7-3-4-8-19-11-12-20-10-9-18-2/h14,17H,3-12H2,1-2H3. The maximum absolute atomic E-state index is 9.23. The number of nitriles is 1. The quantitative estimate of drug-likeness (QED) is 0.523. The van der Waals surface area contributed by atoms with Crippen molar-refractivity contribution >= 4 is 0 Å². The Balaban J connectivity index is 1.89. The molecule has 1 fully saturated rings. The number of hydrogen-bond donors (Lipinski definition) is 1. The lowest BCUT2D eigenvalue weighted by Crippen LogP contribution is -2.42. The second-order valence-electron chi connectivity index (χ2n) is 5.54. The van der Waals surface area contributed by atoms with Crippen LogP contribution in [0.1, 0.15) is 39.0 Å². The third-order valence-corrected chi connectivity index (χ3v) is 3.37. The molecule has 0 amide bonds. The SMILES string of the molecule is COCCOCCOCCCCC(C)(C#N)NC1CC1. The van der Waals surface area contributed by atoms with E-state index in [0.29, 0.717) is 32.5 Å². The summed E-state index contributed by atoms with van der Waals surface area (Å²) in [5, 5.41) is 12.6. The lowest BCUT2D eigenvalue weighted by atomic mass is 9.96. The Kier molecular flexibility index (Phi) is 8.79. The summed E-state index contributed by atoms with van der Waals surface area (Å²) in [6, 6.07) is 2.97. The normalized spacial score (nSPS) is 17.6. The van der Waals surface area contributed by atoms with Crippen molar-refractivity contribution < 1.29 is 14.2 Å². The largest absolute Gasteiger partial charge is 0.382 e. The second-order valence-corrected chi connectivity index (χ2v) is 5.54. The van der Waals surface area contributed by atoms with Crippen LogP contribution in [-0.2, 0) is 14.2 Å². The molecule has 0 saturated heterocycles. The van der Waals surface area contributed by atoms with Gasteiger partial charge in [-0.25, -0.2) is 0 Å². The van der Waals surface area contributed by atoms with Gasteiger partial charge in [-0.15, -0.1) is 0 Å². The van der Waals surface area contributed by atoms with Crippen LogP contribution in [0.25, 0.3) is 0 Å². The molecule has 0 aromatic carbocycles. The number of nitrogens with zero attached hydrogens (tertiary/aromatic N) is 1. The molecule has 20 heavy (non-hydrogen) atoms. The van der Waals surface area contributed by atoms with Crippen molar-refractivity contribution in [1.29, 1.82) is 5.26 Å². The molecule has 0 radical (unpaired) electrons. The van der Waals surface area contributed by atoms with Crippen LogP contribution < -0.4 is 5.32 Å². The molecule has 0 heterocycles. The van der Waals surface area contributed by atoms with Crippen molar-refractivity contribution in [1.82, 2.24) is 5.32 Å². The van der Waals surface area contributed by atoms with Crippen molar-refractivity contribution in [2.75, 3.05) is 40.1 Å². The van der Waals surface area contributed by atoms with Gasteiger partial charge < -0.3 is 14.2 Å². The maximum atomic E-state index is 9.23. The number of hydrogen-bond acceptors (Lipinski definition) is 5. The fourth-order valence-electron chi connectivity index (χ4n) is 1.99. The minimum atomic E-state index is -0.371. The number of nitrogens with one attached hydrogen (secondary N) is 1. The lowest BCUT2D eigenvalue weighted by Gasteiger charge is -2.23. The van der Waals surface area contributed by atoms with Gasteiger partial charge in [0.15, 0.2) is 0 Å². The average Bonchev–Trinajstić information content (AvgIpc) is 3.25. The van der Waals surface area contributed by atoms with Gasteiger partial charge in [0.1, 0.15) is 5.54 Å². The van der Waals surface area contributed by atoms with Crippen LogP contribution in [0.5, 0.6) is 0 Å². The smallest absolute Gasteiger partial charge is 0.104 e. The molecule has 1 atom stereocenters. The zero-order valence-corrected chi connectivity index (χ0v) is 12.8. The highest BCUT2D eigenvalue weighted by Gasteiger charge is 2.31. The minimum absolute atomic E-state index is 0.371. The zero-order chi connectivity index (χ0) is 14.7. The number of ether oxygens (including phenoxy) is 3. The van der Waals surface area contributed by atoms with Gasteiger partial charge in [-0.3, -0.25) is 5.32 Å². The van der Waals surface area contributed by atoms with E-state index < -0.39 is 0 Å². The molecular formula is C15H28N2O3. The van der Waals surface area contributed by atoms with Crippen molar-refractivity contribution in [2.45, 2.75) is 50.6 Å². The third-order valence-electron chi connectivity index (χ3n) is 3.37. The van der Waals surface area contributed by atoms with Crippen LogP contribution in [0.3, 0.4) is 0 Å². The number of unbranched alkanes of at least 4 members (excludes halogenated alkanes) is 1. The maximum Gasteiger partial charge on any atom is 0.104 e. The first kappa shape index (κ1) is 17.4. The molecule has 1 aliphatic rings. The summed E-state index contributed by atoms with van der Waals surface area (Å²) >= 11 is 0. The van der Waals surface area contributed by atoms with E-state index >= 15 is 0 Å². The van der Waals surface area contributed by atoms with Gasteiger partial charge in [0.05, 0.1) is 32.5 Å². The van der Waals surface area contributed by atoms with E-state index in [-0.39, 0.29) is 5.54 Å². The van der Waals surface area contributed by atoms with E-state index in [1.54, 1.807) is 7.11 Å². The van der Waals surface area contributed by atoms with Crippen LogP contribution in [-0.4, -0.2) is 51.7 Å². The van der Waals surface area contributed by atoms with Crippen LogP contribution in [0.15, 0.2) is 0 Å². The summed E-state index contributed by atoms with van der Waals surface area (Å²) in [5.74, 6) is 0. The molecule has 1 unspecified atom stereocenters. The molecule has 0 aromatic heterocycles. The molecule has 0 bridgehead atoms. The highest BCUT2D eigenvalue weighted by atomic mass is 16.5. The Labute approximate surface area is 122 Å². The van der Waals surface area contributed by atoms with Crippen molar-refractivity contribution in [3.05, 3.63) is 0 Å². The molecule has 1 rings (SSSR count). The zero-order valence-electron chi connectivity index (χ0n) is 12.8. The Bertz CT molecular complexity index is 289. The highest BCUT2D eigenvalue weighted by molar-refractivity contribution is 5.06. The summed E-state index contributed by atoms with van der Waals surface area (Å²) in [6.07, 6.45) is 5.30. The molecule has 5 nitrogen and oxygen atoms in total. The summed E-state index contributed by atoms with van der Waals surface area (Å²) in [6.45, 7) is 5.21. The molecule has 1 saturated carbocycles. The van der Waals surface area contributed by atoms with E-state index in [4.69, 9.17) is 14.2 Å². The molecule has 116 valence electrons. The molecule has 0 aliphatic heterocycles. The Morgan fingerprint density at radius 2 is 1.75 bits per heavy atom. The monoisotopic (exact) mass is 284 g/mol. The van der Waals surface area contributed by atoms with Gasteiger partial charge in [0, 0.05) is 19.8 Å². The first-order valence-electron chi connectivity index (χ1n) is 7.53. The van der Waals surface area contributed by atoms with Crippen molar-refractivity contribution in [3.8, 4) is 6.07 Å². The van der Waals surface area contributed by atoms with Gasteiger partial charge in [-0.05, 0) is 39.0 Å². The van der Waals surface area contributed by atoms with Crippen molar-refractivity contribution in [3.63, 3.8) is 0 Å². The van der Waals surface area contributed by atoms with Gasteiger partial charge in [0.2, 0.25) is 0 Å². The van der Waals surface area contributed by atoms with Crippen LogP contribution in [0, 0.1) is 11.3 Å². The van der Waals surface area contributed by atoms with E-state index in [2.05, 4.69) is 11.4 Å². The summed E-state index contributed by atoms with van der Waals surface area (Å²) in [7, 11) is 1.66. The lowest BCUT2D eigenvalue weighted by molar-refractivity contribution is 0.0238. The van der Waals surface area contributed by atoms with Gasteiger partial charge >= 0.3 is 0 Å². The molecule has 0 spiro atoms. The van der Waals surface area contributed by atoms with Gasteiger partial charge in [-0.1, -0.05) is 0 Å². The summed E-state index contributed by atoms with van der Waals surface area (Å²) < 4.78 is 15.7. The van der Waals surface area contributed by atoms with E-state index in [1.807, 2.05) is 6.92 Å². The molecule has 1 N–H and O–H groups in total. The summed E-state index contributed by atoms with van der Waals surface area (Å²) in [4.78, 5) is 0. The highest BCUT2D eigenvalue weighted by Crippen LogP contribution is 2.24. The average molecular weight is 284 g/mol. The Hall–Kier alpha value is -0.670. The van der Waals surface area contributed by atoms with Gasteiger partial charge in [0.25, 0.3) is 0 Å². The first-order valence-corrected chi connectivity index (χ1v) is 7.53. The second kappa shape index (κ2) is 10.1. The minimum Gasteiger partial charge on any atom is -0.382 e. The van der Waals surface area contributed by atoms with Crippen LogP contribution in [0.4, 0.5) is 0 Å². The molecule has 0 aromatic rings. The van der Waals surface area contributed by atoms with Crippen LogP contribution in [0.2, 0.25) is 0 Å². The molecular weight excluding hydrogens is 256 g/mol. The fraction of sp³-hybridized carbons (Fsp3) is 0.933. The third kappa shape index (κ3) is 8.49. The predicted octanol–water partition coefficient (Wildman–Crippen LogP) is 1.87. The van der Waals surface area contributed by atoms with E-state index in [9.17, 15) is 5.26 Å². The number of rotatable bonds is 13. The molecule has 5 heteroatoms. The van der Waals surface area contributed by atoms with Crippen molar-refractivity contribution in [2.24, 2.45) is 0 Å². The van der Waals surface area contributed by atoms with Gasteiger partial charge in [-0.2, -0.15) is 5.26 Å². The Morgan fingerprint density at radius 3 is 2.35 bits per heavy atom. The van der Waals surface area contributed by atoms with E-state index in [0.717, 1.165) is 25.9 Å². The Morgan fingerprint density at radius 1 is 1.10 bits per heavy atom.